The Kier molecular flexibility index (Phi) is 4.38. The van der Waals surface area contributed by atoms with Gasteiger partial charge >= 0.3 is 0 Å². The molecule has 23 heavy (non-hydrogen) atoms. The van der Waals surface area contributed by atoms with Gasteiger partial charge in [-0.2, -0.15) is 5.10 Å². The van der Waals surface area contributed by atoms with E-state index in [-0.39, 0.29) is 5.56 Å². The lowest BCUT2D eigenvalue weighted by Crippen LogP contribution is -2.11. The van der Waals surface area contributed by atoms with Crippen LogP contribution in [0, 0.1) is 0 Å². The number of nitrogens with one attached hydrogen (secondary N) is 1. The molecule has 0 amide bonds. The summed E-state index contributed by atoms with van der Waals surface area (Å²) in [6.07, 6.45) is 2.55. The molecule has 120 valence electrons. The van der Waals surface area contributed by atoms with Crippen molar-refractivity contribution < 1.29 is 4.74 Å². The van der Waals surface area contributed by atoms with Crippen LogP contribution in [0.3, 0.4) is 0 Å². The maximum atomic E-state index is 12.2. The Morgan fingerprint density at radius 2 is 2.09 bits per heavy atom. The van der Waals surface area contributed by atoms with E-state index in [4.69, 9.17) is 4.74 Å². The van der Waals surface area contributed by atoms with E-state index in [1.165, 1.54) is 0 Å². The number of methoxy groups -OCH3 is 1. The summed E-state index contributed by atoms with van der Waals surface area (Å²) in [6, 6.07) is 7.47. The molecule has 0 radical (unpaired) electrons. The fraction of sp³-hybridized carbons (Fsp3) is 0.312. The van der Waals surface area contributed by atoms with E-state index in [2.05, 4.69) is 28.9 Å². The third-order valence-corrected chi connectivity index (χ3v) is 4.77. The van der Waals surface area contributed by atoms with Crippen molar-refractivity contribution in [2.24, 2.45) is 0 Å². The van der Waals surface area contributed by atoms with Gasteiger partial charge in [-0.15, -0.1) is 0 Å². The molecule has 0 bridgehead atoms. The number of ether oxygens (including phenoxy) is 1. The van der Waals surface area contributed by atoms with E-state index in [0.29, 0.717) is 21.4 Å². The molecule has 2 aromatic heterocycles. The third-order valence-electron chi connectivity index (χ3n) is 3.62. The minimum atomic E-state index is -0.166. The van der Waals surface area contributed by atoms with E-state index in [1.54, 1.807) is 29.8 Å². The van der Waals surface area contributed by atoms with Gasteiger partial charge in [0, 0.05) is 5.25 Å². The van der Waals surface area contributed by atoms with Crippen molar-refractivity contribution in [3.8, 4) is 11.4 Å². The summed E-state index contributed by atoms with van der Waals surface area (Å²) in [5.74, 6) is 0.768. The first-order chi connectivity index (χ1) is 11.1. The molecule has 1 N–H and O–H groups in total. The molecule has 6 nitrogen and oxygen atoms in total. The third kappa shape index (κ3) is 3.10. The molecule has 0 aliphatic rings. The van der Waals surface area contributed by atoms with Crippen LogP contribution >= 0.6 is 11.8 Å². The summed E-state index contributed by atoms with van der Waals surface area (Å²) < 4.78 is 6.84. The number of nitrogens with zero attached hydrogens (tertiary/aromatic N) is 3. The predicted octanol–water partition coefficient (Wildman–Crippen LogP) is 3.01. The van der Waals surface area contributed by atoms with Gasteiger partial charge in [0.15, 0.2) is 10.8 Å². The van der Waals surface area contributed by atoms with E-state index in [1.807, 2.05) is 24.3 Å². The SMILES string of the molecule is CCC(C)Sc1nc2c(cnn2-c2ccc(OC)cc2)c(=O)[nH]1. The number of fused-ring (bicyclic) bond motifs is 1. The van der Waals surface area contributed by atoms with Crippen LogP contribution in [0.25, 0.3) is 16.7 Å². The summed E-state index contributed by atoms with van der Waals surface area (Å²) in [4.78, 5) is 19.6. The van der Waals surface area contributed by atoms with Crippen molar-refractivity contribution in [3.63, 3.8) is 0 Å². The number of H-pyrrole nitrogens is 1. The highest BCUT2D eigenvalue weighted by atomic mass is 32.2. The second-order valence-corrected chi connectivity index (χ2v) is 6.63. The molecule has 0 fully saturated rings. The lowest BCUT2D eigenvalue weighted by atomic mass is 10.3. The van der Waals surface area contributed by atoms with Crippen LogP contribution in [0.15, 0.2) is 40.4 Å². The van der Waals surface area contributed by atoms with E-state index in [0.717, 1.165) is 17.9 Å². The minimum absolute atomic E-state index is 0.166. The quantitative estimate of drug-likeness (QED) is 0.575. The van der Waals surface area contributed by atoms with Crippen molar-refractivity contribution in [2.45, 2.75) is 30.7 Å². The molecule has 3 rings (SSSR count). The van der Waals surface area contributed by atoms with Gasteiger partial charge in [0.05, 0.1) is 19.0 Å². The molecule has 0 aliphatic carbocycles. The van der Waals surface area contributed by atoms with Crippen LogP contribution in [0.1, 0.15) is 20.3 Å². The zero-order valence-electron chi connectivity index (χ0n) is 13.2. The van der Waals surface area contributed by atoms with Crippen LogP contribution in [0.5, 0.6) is 5.75 Å². The molecule has 1 atom stereocenters. The second-order valence-electron chi connectivity index (χ2n) is 5.20. The average molecular weight is 330 g/mol. The summed E-state index contributed by atoms with van der Waals surface area (Å²) in [5.41, 5.74) is 1.23. The number of aromatic nitrogens is 4. The Morgan fingerprint density at radius 1 is 1.35 bits per heavy atom. The molecular weight excluding hydrogens is 312 g/mol. The maximum Gasteiger partial charge on any atom is 0.262 e. The van der Waals surface area contributed by atoms with Crippen LogP contribution in [0.2, 0.25) is 0 Å². The number of thioether (sulfide) groups is 1. The maximum absolute atomic E-state index is 12.2. The Hall–Kier alpha value is -2.28. The Balaban J connectivity index is 2.08. The van der Waals surface area contributed by atoms with Crippen molar-refractivity contribution in [1.29, 1.82) is 0 Å². The van der Waals surface area contributed by atoms with Gasteiger partial charge in [0.2, 0.25) is 0 Å². The first kappa shape index (κ1) is 15.6. The molecule has 7 heteroatoms. The topological polar surface area (TPSA) is 72.8 Å². The van der Waals surface area contributed by atoms with Gasteiger partial charge in [0.1, 0.15) is 11.1 Å². The molecular formula is C16H18N4O2S. The number of hydrogen-bond acceptors (Lipinski definition) is 5. The standard InChI is InChI=1S/C16H18N4O2S/c1-4-10(2)23-16-18-14-13(15(21)19-16)9-17-20(14)11-5-7-12(22-3)8-6-11/h5-10H,4H2,1-3H3,(H,18,19,21). The lowest BCUT2D eigenvalue weighted by molar-refractivity contribution is 0.414. The lowest BCUT2D eigenvalue weighted by Gasteiger charge is -2.08. The van der Waals surface area contributed by atoms with Gasteiger partial charge in [-0.25, -0.2) is 9.67 Å². The molecule has 0 aliphatic heterocycles. The molecule has 0 saturated heterocycles. The molecule has 2 heterocycles. The van der Waals surface area contributed by atoms with Crippen LogP contribution in [-0.4, -0.2) is 32.1 Å². The fourth-order valence-electron chi connectivity index (χ4n) is 2.14. The highest BCUT2D eigenvalue weighted by Gasteiger charge is 2.13. The van der Waals surface area contributed by atoms with Crippen molar-refractivity contribution in [1.82, 2.24) is 19.7 Å². The summed E-state index contributed by atoms with van der Waals surface area (Å²) >= 11 is 1.56. The summed E-state index contributed by atoms with van der Waals surface area (Å²) in [6.45, 7) is 4.21. The zero-order chi connectivity index (χ0) is 16.4. The second kappa shape index (κ2) is 6.45. The van der Waals surface area contributed by atoms with Crippen molar-refractivity contribution >= 4 is 22.8 Å². The fourth-order valence-corrected chi connectivity index (χ4v) is 2.98. The van der Waals surface area contributed by atoms with Crippen LogP contribution in [-0.2, 0) is 0 Å². The molecule has 3 aromatic rings. The molecule has 1 unspecified atom stereocenters. The number of rotatable bonds is 5. The van der Waals surface area contributed by atoms with Gasteiger partial charge in [-0.1, -0.05) is 25.6 Å². The first-order valence-corrected chi connectivity index (χ1v) is 8.29. The van der Waals surface area contributed by atoms with Crippen LogP contribution < -0.4 is 10.3 Å². The molecule has 0 spiro atoms. The van der Waals surface area contributed by atoms with Gasteiger partial charge in [-0.05, 0) is 30.7 Å². The molecule has 0 saturated carbocycles. The Bertz CT molecular complexity index is 870. The highest BCUT2D eigenvalue weighted by molar-refractivity contribution is 7.99. The monoisotopic (exact) mass is 330 g/mol. The smallest absolute Gasteiger partial charge is 0.262 e. The van der Waals surface area contributed by atoms with Crippen LogP contribution in [0.4, 0.5) is 0 Å². The van der Waals surface area contributed by atoms with Crippen molar-refractivity contribution in [3.05, 3.63) is 40.8 Å². The van der Waals surface area contributed by atoms with Crippen molar-refractivity contribution in [2.75, 3.05) is 7.11 Å². The van der Waals surface area contributed by atoms with E-state index >= 15 is 0 Å². The van der Waals surface area contributed by atoms with Gasteiger partial charge < -0.3 is 9.72 Å². The van der Waals surface area contributed by atoms with Gasteiger partial charge in [-0.3, -0.25) is 4.79 Å². The molecule has 1 aromatic carbocycles. The van der Waals surface area contributed by atoms with Gasteiger partial charge in [0.25, 0.3) is 5.56 Å². The predicted molar refractivity (Wildman–Crippen MR) is 91.6 cm³/mol. The van der Waals surface area contributed by atoms with E-state index in [9.17, 15) is 4.79 Å². The highest BCUT2D eigenvalue weighted by Crippen LogP contribution is 2.23. The number of hydrogen-bond donors (Lipinski definition) is 1. The number of benzene rings is 1. The normalized spacial score (nSPS) is 12.5. The first-order valence-electron chi connectivity index (χ1n) is 7.41. The Labute approximate surface area is 137 Å². The minimum Gasteiger partial charge on any atom is -0.497 e. The summed E-state index contributed by atoms with van der Waals surface area (Å²) in [5, 5.41) is 5.79. The zero-order valence-corrected chi connectivity index (χ0v) is 14.1. The average Bonchev–Trinajstić information content (AvgIpc) is 2.99. The largest absolute Gasteiger partial charge is 0.497 e. The summed E-state index contributed by atoms with van der Waals surface area (Å²) in [7, 11) is 1.62. The number of aromatic amines is 1. The van der Waals surface area contributed by atoms with E-state index < -0.39 is 0 Å². The Morgan fingerprint density at radius 3 is 2.74 bits per heavy atom.